The van der Waals surface area contributed by atoms with Gasteiger partial charge in [0.1, 0.15) is 6.29 Å². The highest BCUT2D eigenvalue weighted by atomic mass is 32.2. The van der Waals surface area contributed by atoms with Crippen molar-refractivity contribution in [2.24, 2.45) is 0 Å². The number of aldehydes is 1. The van der Waals surface area contributed by atoms with E-state index in [2.05, 4.69) is 10.1 Å². The fourth-order valence-electron chi connectivity index (χ4n) is 1.50. The van der Waals surface area contributed by atoms with Crippen molar-refractivity contribution in [2.75, 3.05) is 5.75 Å². The summed E-state index contributed by atoms with van der Waals surface area (Å²) in [5.41, 5.74) is 0. The molecule has 1 aromatic heterocycles. The van der Waals surface area contributed by atoms with Gasteiger partial charge in [-0.15, -0.1) is 0 Å². The van der Waals surface area contributed by atoms with Gasteiger partial charge in [0.05, 0.1) is 11.7 Å². The molecule has 14 heavy (non-hydrogen) atoms. The van der Waals surface area contributed by atoms with E-state index in [1.165, 1.54) is 18.6 Å². The molecule has 1 atom stereocenters. The number of carbonyl (C=O) groups excluding carboxylic acids is 1. The molecule has 1 aliphatic heterocycles. The lowest BCUT2D eigenvalue weighted by Crippen LogP contribution is -2.03. The summed E-state index contributed by atoms with van der Waals surface area (Å²) in [5, 5.41) is 4.26. The molecule has 1 saturated heterocycles. The van der Waals surface area contributed by atoms with Crippen LogP contribution in [0.4, 0.5) is 0 Å². The molecule has 0 saturated carbocycles. The number of aromatic nitrogens is 2. The van der Waals surface area contributed by atoms with Crippen LogP contribution in [0.3, 0.4) is 0 Å². The zero-order chi connectivity index (χ0) is 9.80. The number of nitrogens with zero attached hydrogens (tertiary/aromatic N) is 2. The van der Waals surface area contributed by atoms with Gasteiger partial charge >= 0.3 is 0 Å². The van der Waals surface area contributed by atoms with Crippen LogP contribution in [0.15, 0.2) is 4.52 Å². The van der Waals surface area contributed by atoms with Crippen molar-refractivity contribution in [1.29, 1.82) is 0 Å². The van der Waals surface area contributed by atoms with Gasteiger partial charge in [-0.05, 0) is 18.6 Å². The van der Waals surface area contributed by atoms with E-state index in [4.69, 9.17) is 4.52 Å². The van der Waals surface area contributed by atoms with Gasteiger partial charge in [-0.3, -0.25) is 0 Å². The molecule has 5 heteroatoms. The lowest BCUT2D eigenvalue weighted by molar-refractivity contribution is -0.107. The van der Waals surface area contributed by atoms with Gasteiger partial charge in [0.2, 0.25) is 5.89 Å². The summed E-state index contributed by atoms with van der Waals surface area (Å²) in [6.07, 6.45) is 4.63. The van der Waals surface area contributed by atoms with E-state index in [-0.39, 0.29) is 6.42 Å². The van der Waals surface area contributed by atoms with Crippen molar-refractivity contribution in [1.82, 2.24) is 10.1 Å². The molecule has 1 unspecified atom stereocenters. The summed E-state index contributed by atoms with van der Waals surface area (Å²) < 4.78 is 4.95. The van der Waals surface area contributed by atoms with E-state index in [1.54, 1.807) is 0 Å². The summed E-state index contributed by atoms with van der Waals surface area (Å²) >= 11 is 1.87. The molecule has 0 aromatic carbocycles. The van der Waals surface area contributed by atoms with Gasteiger partial charge in [-0.2, -0.15) is 16.7 Å². The Balaban J connectivity index is 2.03. The Morgan fingerprint density at radius 2 is 2.50 bits per heavy atom. The van der Waals surface area contributed by atoms with Crippen molar-refractivity contribution in [3.8, 4) is 0 Å². The molecule has 1 aliphatic rings. The van der Waals surface area contributed by atoms with E-state index in [0.717, 1.165) is 18.5 Å². The minimum Gasteiger partial charge on any atom is -0.339 e. The van der Waals surface area contributed by atoms with Crippen LogP contribution in [-0.4, -0.2) is 22.2 Å². The topological polar surface area (TPSA) is 56.0 Å². The maximum absolute atomic E-state index is 10.2. The van der Waals surface area contributed by atoms with Crippen LogP contribution in [0, 0.1) is 0 Å². The Hall–Kier alpha value is -0.840. The number of hydrogen-bond acceptors (Lipinski definition) is 5. The number of rotatable bonds is 3. The molecule has 0 radical (unpaired) electrons. The van der Waals surface area contributed by atoms with Crippen LogP contribution >= 0.6 is 11.8 Å². The molecule has 76 valence electrons. The van der Waals surface area contributed by atoms with Gasteiger partial charge < -0.3 is 9.32 Å². The van der Waals surface area contributed by atoms with Crippen molar-refractivity contribution < 1.29 is 9.32 Å². The number of carbonyl (C=O) groups is 1. The van der Waals surface area contributed by atoms with Gasteiger partial charge in [0, 0.05) is 0 Å². The molecule has 1 aromatic rings. The van der Waals surface area contributed by atoms with E-state index < -0.39 is 0 Å². The smallest absolute Gasteiger partial charge is 0.233 e. The Labute approximate surface area is 86.4 Å². The van der Waals surface area contributed by atoms with Crippen molar-refractivity contribution in [3.63, 3.8) is 0 Å². The molecule has 0 bridgehead atoms. The molecule has 2 rings (SSSR count). The SMILES string of the molecule is O=CCc1nc(C2CCCCS2)no1. The molecule has 0 N–H and O–H groups in total. The third kappa shape index (κ3) is 2.15. The maximum Gasteiger partial charge on any atom is 0.233 e. The summed E-state index contributed by atoms with van der Waals surface area (Å²) in [5.74, 6) is 2.36. The van der Waals surface area contributed by atoms with Gasteiger partial charge in [0.25, 0.3) is 0 Å². The maximum atomic E-state index is 10.2. The molecule has 1 fully saturated rings. The Bertz CT molecular complexity index is 308. The first-order chi connectivity index (χ1) is 6.90. The minimum absolute atomic E-state index is 0.227. The lowest BCUT2D eigenvalue weighted by atomic mass is 10.2. The quantitative estimate of drug-likeness (QED) is 0.715. The first-order valence-corrected chi connectivity index (χ1v) is 5.83. The first-order valence-electron chi connectivity index (χ1n) is 4.78. The highest BCUT2D eigenvalue weighted by Gasteiger charge is 2.21. The standard InChI is InChI=1S/C9H12N2O2S/c12-5-4-8-10-9(11-13-8)7-3-1-2-6-14-7/h5,7H,1-4,6H2. The minimum atomic E-state index is 0.227. The zero-order valence-corrected chi connectivity index (χ0v) is 8.63. The fourth-order valence-corrected chi connectivity index (χ4v) is 2.73. The van der Waals surface area contributed by atoms with Gasteiger partial charge in [0.15, 0.2) is 5.82 Å². The van der Waals surface area contributed by atoms with E-state index in [9.17, 15) is 4.79 Å². The van der Waals surface area contributed by atoms with E-state index >= 15 is 0 Å². The monoisotopic (exact) mass is 212 g/mol. The Morgan fingerprint density at radius 3 is 3.21 bits per heavy atom. The lowest BCUT2D eigenvalue weighted by Gasteiger charge is -2.17. The molecule has 0 amide bonds. The molecular weight excluding hydrogens is 200 g/mol. The van der Waals surface area contributed by atoms with Crippen molar-refractivity contribution in [2.45, 2.75) is 30.9 Å². The van der Waals surface area contributed by atoms with Crippen LogP contribution in [0.5, 0.6) is 0 Å². The summed E-state index contributed by atoms with van der Waals surface area (Å²) in [7, 11) is 0. The van der Waals surface area contributed by atoms with Crippen molar-refractivity contribution in [3.05, 3.63) is 11.7 Å². The fraction of sp³-hybridized carbons (Fsp3) is 0.667. The first kappa shape index (κ1) is 9.71. The van der Waals surface area contributed by atoms with Crippen LogP contribution in [0.1, 0.15) is 36.2 Å². The second-order valence-electron chi connectivity index (χ2n) is 3.27. The predicted octanol–water partition coefficient (Wildman–Crippen LogP) is 1.77. The van der Waals surface area contributed by atoms with Crippen molar-refractivity contribution >= 4 is 18.0 Å². The summed E-state index contributed by atoms with van der Waals surface area (Å²) in [6.45, 7) is 0. The molecule has 2 heterocycles. The molecule has 4 nitrogen and oxygen atoms in total. The normalized spacial score (nSPS) is 22.1. The van der Waals surface area contributed by atoms with E-state index in [0.29, 0.717) is 11.1 Å². The molecular formula is C9H12N2O2S. The van der Waals surface area contributed by atoms with Gasteiger partial charge in [-0.1, -0.05) is 11.6 Å². The zero-order valence-electron chi connectivity index (χ0n) is 7.81. The third-order valence-corrected chi connectivity index (χ3v) is 3.58. The third-order valence-electron chi connectivity index (χ3n) is 2.21. The number of thioether (sulfide) groups is 1. The molecule has 0 spiro atoms. The summed E-state index contributed by atoms with van der Waals surface area (Å²) in [6, 6.07) is 0. The largest absolute Gasteiger partial charge is 0.339 e. The van der Waals surface area contributed by atoms with Crippen LogP contribution in [-0.2, 0) is 11.2 Å². The number of hydrogen-bond donors (Lipinski definition) is 0. The average Bonchev–Trinajstić information content (AvgIpc) is 2.68. The van der Waals surface area contributed by atoms with E-state index in [1.807, 2.05) is 11.8 Å². The van der Waals surface area contributed by atoms with Crippen LogP contribution < -0.4 is 0 Å². The summed E-state index contributed by atoms with van der Waals surface area (Å²) in [4.78, 5) is 14.4. The van der Waals surface area contributed by atoms with Crippen LogP contribution in [0.25, 0.3) is 0 Å². The second-order valence-corrected chi connectivity index (χ2v) is 4.58. The Morgan fingerprint density at radius 1 is 1.57 bits per heavy atom. The highest BCUT2D eigenvalue weighted by Crippen LogP contribution is 2.36. The average molecular weight is 212 g/mol. The predicted molar refractivity (Wildman–Crippen MR) is 53.1 cm³/mol. The van der Waals surface area contributed by atoms with Crippen LogP contribution in [0.2, 0.25) is 0 Å². The van der Waals surface area contributed by atoms with Gasteiger partial charge in [-0.25, -0.2) is 0 Å². The highest BCUT2D eigenvalue weighted by molar-refractivity contribution is 7.99. The second kappa shape index (κ2) is 4.59. The Kier molecular flexibility index (Phi) is 3.18. The molecule has 0 aliphatic carbocycles.